The van der Waals surface area contributed by atoms with Crippen molar-refractivity contribution in [3.05, 3.63) is 12.4 Å². The predicted octanol–water partition coefficient (Wildman–Crippen LogP) is -1.37. The Labute approximate surface area is 93.5 Å². The van der Waals surface area contributed by atoms with Crippen LogP contribution < -0.4 is 11.1 Å². The molecule has 0 aliphatic carbocycles. The van der Waals surface area contributed by atoms with Crippen LogP contribution in [-0.2, 0) is 21.2 Å². The molecular weight excluding hydrogens is 232 g/mol. The van der Waals surface area contributed by atoms with Crippen molar-refractivity contribution in [2.75, 3.05) is 24.3 Å². The third-order valence-corrected chi connectivity index (χ3v) is 2.70. The van der Waals surface area contributed by atoms with Gasteiger partial charge in [0.15, 0.2) is 0 Å². The van der Waals surface area contributed by atoms with Crippen molar-refractivity contribution in [1.29, 1.82) is 0 Å². The van der Waals surface area contributed by atoms with Gasteiger partial charge in [-0.3, -0.25) is 9.48 Å². The predicted molar refractivity (Wildman–Crippen MR) is 59.4 cm³/mol. The Hall–Kier alpha value is -1.57. The molecule has 0 aromatic carbocycles. The summed E-state index contributed by atoms with van der Waals surface area (Å²) in [6.45, 7) is 0.134. The van der Waals surface area contributed by atoms with Crippen LogP contribution in [0.25, 0.3) is 0 Å². The normalized spacial score (nSPS) is 11.3. The Bertz CT molecular complexity index is 465. The first-order valence-corrected chi connectivity index (χ1v) is 6.65. The van der Waals surface area contributed by atoms with Gasteiger partial charge in [-0.1, -0.05) is 0 Å². The third kappa shape index (κ3) is 4.78. The lowest BCUT2D eigenvalue weighted by molar-refractivity contribution is -0.121. The second kappa shape index (κ2) is 4.97. The average molecular weight is 246 g/mol. The van der Waals surface area contributed by atoms with E-state index >= 15 is 0 Å². The molecule has 0 saturated carbocycles. The zero-order chi connectivity index (χ0) is 12.2. The molecule has 90 valence electrons. The molecule has 0 saturated heterocycles. The number of carbonyl (C=O) groups is 1. The van der Waals surface area contributed by atoms with Crippen LogP contribution in [0.15, 0.2) is 12.4 Å². The van der Waals surface area contributed by atoms with E-state index in [4.69, 9.17) is 5.73 Å². The molecule has 16 heavy (non-hydrogen) atoms. The highest BCUT2D eigenvalue weighted by Crippen LogP contribution is 1.96. The molecule has 8 heteroatoms. The van der Waals surface area contributed by atoms with Crippen LogP contribution in [0.1, 0.15) is 0 Å². The Morgan fingerprint density at radius 3 is 2.81 bits per heavy atom. The minimum absolute atomic E-state index is 0.0287. The number of amides is 1. The number of nitrogens with zero attached hydrogens (tertiary/aromatic N) is 2. The smallest absolute Gasteiger partial charge is 0.241 e. The van der Waals surface area contributed by atoms with Crippen LogP contribution in [0.4, 0.5) is 5.69 Å². The van der Waals surface area contributed by atoms with Crippen LogP contribution in [0.3, 0.4) is 0 Å². The van der Waals surface area contributed by atoms with E-state index in [-0.39, 0.29) is 24.7 Å². The Morgan fingerprint density at radius 1 is 1.62 bits per heavy atom. The molecule has 0 spiro atoms. The molecule has 0 bridgehead atoms. The van der Waals surface area contributed by atoms with Gasteiger partial charge >= 0.3 is 0 Å². The molecule has 1 aromatic rings. The summed E-state index contributed by atoms with van der Waals surface area (Å²) >= 11 is 0. The molecule has 1 amide bonds. The third-order valence-electron chi connectivity index (χ3n) is 1.75. The summed E-state index contributed by atoms with van der Waals surface area (Å²) in [5.74, 6) is -0.369. The van der Waals surface area contributed by atoms with Crippen LogP contribution >= 0.6 is 0 Å². The summed E-state index contributed by atoms with van der Waals surface area (Å²) < 4.78 is 23.0. The van der Waals surface area contributed by atoms with Gasteiger partial charge in [0.2, 0.25) is 5.91 Å². The van der Waals surface area contributed by atoms with Crippen LogP contribution in [0.2, 0.25) is 0 Å². The standard InChI is InChI=1S/C8H14N4O3S/c1-16(14,15)3-2-10-8(13)6-12-5-7(9)4-11-12/h4-5H,2-3,6,9H2,1H3,(H,10,13). The SMILES string of the molecule is CS(=O)(=O)CCNC(=O)Cn1cc(N)cn1. The van der Waals surface area contributed by atoms with E-state index in [1.165, 1.54) is 17.1 Å². The van der Waals surface area contributed by atoms with E-state index in [1.807, 2.05) is 0 Å². The van der Waals surface area contributed by atoms with Gasteiger partial charge < -0.3 is 11.1 Å². The highest BCUT2D eigenvalue weighted by atomic mass is 32.2. The van der Waals surface area contributed by atoms with Gasteiger partial charge in [0, 0.05) is 19.0 Å². The molecule has 0 aliphatic heterocycles. The van der Waals surface area contributed by atoms with E-state index in [2.05, 4.69) is 10.4 Å². The quantitative estimate of drug-likeness (QED) is 0.666. The molecule has 1 heterocycles. The van der Waals surface area contributed by atoms with Crippen LogP contribution in [0, 0.1) is 0 Å². The molecule has 1 aromatic heterocycles. The average Bonchev–Trinajstić information content (AvgIpc) is 2.48. The van der Waals surface area contributed by atoms with E-state index in [9.17, 15) is 13.2 Å². The van der Waals surface area contributed by atoms with Gasteiger partial charge in [-0.25, -0.2) is 8.42 Å². The number of nitrogens with one attached hydrogen (secondary N) is 1. The Morgan fingerprint density at radius 2 is 2.31 bits per heavy atom. The maximum atomic E-state index is 11.3. The number of anilines is 1. The first kappa shape index (κ1) is 12.5. The van der Waals surface area contributed by atoms with Gasteiger partial charge in [-0.05, 0) is 0 Å². The van der Waals surface area contributed by atoms with Gasteiger partial charge in [0.05, 0.1) is 17.6 Å². The van der Waals surface area contributed by atoms with Crippen molar-refractivity contribution < 1.29 is 13.2 Å². The number of nitrogens with two attached hydrogens (primary N) is 1. The summed E-state index contributed by atoms with van der Waals surface area (Å²) in [7, 11) is -3.05. The first-order valence-electron chi connectivity index (χ1n) is 4.59. The lowest BCUT2D eigenvalue weighted by Gasteiger charge is -2.04. The van der Waals surface area contributed by atoms with Crippen LogP contribution in [-0.4, -0.2) is 42.7 Å². The van der Waals surface area contributed by atoms with Crippen molar-refractivity contribution in [2.45, 2.75) is 6.54 Å². The van der Waals surface area contributed by atoms with E-state index in [1.54, 1.807) is 0 Å². The minimum atomic E-state index is -3.05. The minimum Gasteiger partial charge on any atom is -0.396 e. The summed E-state index contributed by atoms with van der Waals surface area (Å²) in [5.41, 5.74) is 5.89. The largest absolute Gasteiger partial charge is 0.396 e. The second-order valence-corrected chi connectivity index (χ2v) is 5.71. The lowest BCUT2D eigenvalue weighted by atomic mass is 10.5. The zero-order valence-electron chi connectivity index (χ0n) is 8.88. The number of hydrogen-bond acceptors (Lipinski definition) is 5. The maximum Gasteiger partial charge on any atom is 0.241 e. The number of rotatable bonds is 5. The van der Waals surface area contributed by atoms with Crippen molar-refractivity contribution in [1.82, 2.24) is 15.1 Å². The number of sulfone groups is 1. The maximum absolute atomic E-state index is 11.3. The molecule has 0 atom stereocenters. The molecule has 0 unspecified atom stereocenters. The fraction of sp³-hybridized carbons (Fsp3) is 0.500. The summed E-state index contributed by atoms with van der Waals surface area (Å²) in [6, 6.07) is 0. The van der Waals surface area contributed by atoms with Gasteiger partial charge in [0.25, 0.3) is 0 Å². The Balaban J connectivity index is 2.32. The number of aromatic nitrogens is 2. The number of hydrogen-bond donors (Lipinski definition) is 2. The number of nitrogen functional groups attached to an aromatic ring is 1. The molecule has 1 rings (SSSR count). The van der Waals surface area contributed by atoms with Gasteiger partial charge in [0.1, 0.15) is 16.4 Å². The second-order valence-electron chi connectivity index (χ2n) is 3.45. The molecule has 0 fully saturated rings. The van der Waals surface area contributed by atoms with Crippen molar-refractivity contribution in [2.24, 2.45) is 0 Å². The van der Waals surface area contributed by atoms with Crippen molar-refractivity contribution >= 4 is 21.4 Å². The topological polar surface area (TPSA) is 107 Å². The summed E-state index contributed by atoms with van der Waals surface area (Å²) in [4.78, 5) is 11.3. The van der Waals surface area contributed by atoms with Crippen LogP contribution in [0.5, 0.6) is 0 Å². The summed E-state index contributed by atoms with van der Waals surface area (Å²) in [6.07, 6.45) is 4.08. The van der Waals surface area contributed by atoms with E-state index in [0.29, 0.717) is 5.69 Å². The van der Waals surface area contributed by atoms with E-state index in [0.717, 1.165) is 6.26 Å². The van der Waals surface area contributed by atoms with Crippen molar-refractivity contribution in [3.63, 3.8) is 0 Å². The first-order chi connectivity index (χ1) is 7.37. The monoisotopic (exact) mass is 246 g/mol. The molecule has 0 aliphatic rings. The Kier molecular flexibility index (Phi) is 3.88. The van der Waals surface area contributed by atoms with Gasteiger partial charge in [-0.2, -0.15) is 5.10 Å². The molecule has 7 nitrogen and oxygen atoms in total. The molecular formula is C8H14N4O3S. The fourth-order valence-corrected chi connectivity index (χ4v) is 1.52. The highest BCUT2D eigenvalue weighted by molar-refractivity contribution is 7.90. The fourth-order valence-electron chi connectivity index (χ4n) is 1.04. The summed E-state index contributed by atoms with van der Waals surface area (Å²) in [5, 5.41) is 6.30. The molecule has 0 radical (unpaired) electrons. The molecule has 3 N–H and O–H groups in total. The zero-order valence-corrected chi connectivity index (χ0v) is 9.70. The van der Waals surface area contributed by atoms with Gasteiger partial charge in [-0.15, -0.1) is 0 Å². The van der Waals surface area contributed by atoms with E-state index < -0.39 is 9.84 Å². The number of carbonyl (C=O) groups excluding carboxylic acids is 1. The van der Waals surface area contributed by atoms with Crippen molar-refractivity contribution in [3.8, 4) is 0 Å². The lowest BCUT2D eigenvalue weighted by Crippen LogP contribution is -2.31. The highest BCUT2D eigenvalue weighted by Gasteiger charge is 2.06.